The normalized spacial score (nSPS) is 25.9. The molecular formula is C15H22N4O2S. The lowest BCUT2D eigenvalue weighted by Gasteiger charge is -2.61. The lowest BCUT2D eigenvalue weighted by molar-refractivity contribution is -0.113. The number of aldehydes is 1. The van der Waals surface area contributed by atoms with E-state index in [2.05, 4.69) is 14.3 Å². The number of hydrogen-bond acceptors (Lipinski definition) is 6. The van der Waals surface area contributed by atoms with Crippen LogP contribution in [0.1, 0.15) is 23.3 Å². The SMILES string of the molecule is Cn1nc(C=O)cc1SN1CC2(C1)CN(C1CCOCC1)C2. The van der Waals surface area contributed by atoms with Gasteiger partial charge in [0, 0.05) is 64.0 Å². The molecule has 1 aromatic heterocycles. The van der Waals surface area contributed by atoms with Gasteiger partial charge in [0.1, 0.15) is 10.7 Å². The molecule has 0 amide bonds. The maximum atomic E-state index is 10.8. The minimum atomic E-state index is 0.509. The van der Waals surface area contributed by atoms with E-state index in [0.717, 1.165) is 43.7 Å². The zero-order valence-electron chi connectivity index (χ0n) is 12.9. The first kappa shape index (κ1) is 14.7. The number of carbonyl (C=O) groups is 1. The van der Waals surface area contributed by atoms with Crippen LogP contribution in [0.3, 0.4) is 0 Å². The van der Waals surface area contributed by atoms with Crippen molar-refractivity contribution in [3.63, 3.8) is 0 Å². The second-order valence-corrected chi connectivity index (χ2v) is 7.90. The molecule has 3 fully saturated rings. The van der Waals surface area contributed by atoms with E-state index < -0.39 is 0 Å². The summed E-state index contributed by atoms with van der Waals surface area (Å²) < 4.78 is 9.61. The number of rotatable bonds is 4. The van der Waals surface area contributed by atoms with Crippen LogP contribution in [0.5, 0.6) is 0 Å². The summed E-state index contributed by atoms with van der Waals surface area (Å²) in [4.78, 5) is 13.4. The van der Waals surface area contributed by atoms with Crippen molar-refractivity contribution in [2.24, 2.45) is 12.5 Å². The van der Waals surface area contributed by atoms with E-state index in [0.29, 0.717) is 11.1 Å². The number of nitrogens with zero attached hydrogens (tertiary/aromatic N) is 4. The van der Waals surface area contributed by atoms with Crippen molar-refractivity contribution in [1.29, 1.82) is 0 Å². The van der Waals surface area contributed by atoms with E-state index in [4.69, 9.17) is 4.74 Å². The van der Waals surface area contributed by atoms with E-state index >= 15 is 0 Å². The van der Waals surface area contributed by atoms with Crippen molar-refractivity contribution >= 4 is 18.2 Å². The van der Waals surface area contributed by atoms with Crippen molar-refractivity contribution in [3.8, 4) is 0 Å². The molecular weight excluding hydrogens is 300 g/mol. The van der Waals surface area contributed by atoms with Crippen LogP contribution in [0.25, 0.3) is 0 Å². The van der Waals surface area contributed by atoms with Crippen molar-refractivity contribution in [3.05, 3.63) is 11.8 Å². The molecule has 4 heterocycles. The Morgan fingerprint density at radius 2 is 2.05 bits per heavy atom. The van der Waals surface area contributed by atoms with E-state index in [-0.39, 0.29) is 0 Å². The van der Waals surface area contributed by atoms with Crippen molar-refractivity contribution in [2.45, 2.75) is 23.9 Å². The molecule has 3 aliphatic rings. The van der Waals surface area contributed by atoms with Gasteiger partial charge in [-0.25, -0.2) is 4.31 Å². The Balaban J connectivity index is 1.26. The molecule has 0 N–H and O–H groups in total. The first-order valence-corrected chi connectivity index (χ1v) is 8.69. The molecule has 3 aliphatic heterocycles. The molecule has 7 heteroatoms. The first-order chi connectivity index (χ1) is 10.7. The predicted octanol–water partition coefficient (Wildman–Crippen LogP) is 1.04. The highest BCUT2D eigenvalue weighted by atomic mass is 32.2. The van der Waals surface area contributed by atoms with Gasteiger partial charge in [0.25, 0.3) is 0 Å². The maximum Gasteiger partial charge on any atom is 0.170 e. The minimum absolute atomic E-state index is 0.509. The molecule has 120 valence electrons. The lowest BCUT2D eigenvalue weighted by atomic mass is 9.73. The molecule has 0 radical (unpaired) electrons. The molecule has 0 atom stereocenters. The topological polar surface area (TPSA) is 50.6 Å². The van der Waals surface area contributed by atoms with Gasteiger partial charge in [-0.1, -0.05) is 0 Å². The first-order valence-electron chi connectivity index (χ1n) is 7.91. The smallest absolute Gasteiger partial charge is 0.170 e. The van der Waals surface area contributed by atoms with Crippen LogP contribution in [-0.2, 0) is 11.8 Å². The van der Waals surface area contributed by atoms with Crippen molar-refractivity contribution in [2.75, 3.05) is 39.4 Å². The molecule has 0 bridgehead atoms. The van der Waals surface area contributed by atoms with E-state index in [1.54, 1.807) is 16.6 Å². The minimum Gasteiger partial charge on any atom is -0.381 e. The summed E-state index contributed by atoms with van der Waals surface area (Å²) in [6, 6.07) is 2.60. The zero-order chi connectivity index (χ0) is 15.2. The Hall–Kier alpha value is -0.890. The highest BCUT2D eigenvalue weighted by Crippen LogP contribution is 2.45. The molecule has 22 heavy (non-hydrogen) atoms. The summed E-state index contributed by atoms with van der Waals surface area (Å²) in [7, 11) is 1.89. The highest BCUT2D eigenvalue weighted by molar-refractivity contribution is 7.97. The molecule has 6 nitrogen and oxygen atoms in total. The number of carbonyl (C=O) groups excluding carboxylic acids is 1. The summed E-state index contributed by atoms with van der Waals surface area (Å²) in [5.74, 6) is 0. The van der Waals surface area contributed by atoms with Crippen LogP contribution in [0.15, 0.2) is 11.1 Å². The molecule has 0 saturated carbocycles. The van der Waals surface area contributed by atoms with E-state index in [1.807, 2.05) is 13.1 Å². The summed E-state index contributed by atoms with van der Waals surface area (Å²) >= 11 is 1.72. The lowest BCUT2D eigenvalue weighted by Crippen LogP contribution is -2.72. The second-order valence-electron chi connectivity index (χ2n) is 6.79. The number of ether oxygens (including phenoxy) is 1. The number of hydrogen-bond donors (Lipinski definition) is 0. The predicted molar refractivity (Wildman–Crippen MR) is 83.9 cm³/mol. The van der Waals surface area contributed by atoms with Gasteiger partial charge in [0.2, 0.25) is 0 Å². The van der Waals surface area contributed by atoms with Gasteiger partial charge in [-0.05, 0) is 24.8 Å². The molecule has 0 aliphatic carbocycles. The van der Waals surface area contributed by atoms with Gasteiger partial charge >= 0.3 is 0 Å². The van der Waals surface area contributed by atoms with Crippen molar-refractivity contribution < 1.29 is 9.53 Å². The largest absolute Gasteiger partial charge is 0.381 e. The Labute approximate surface area is 134 Å². The van der Waals surface area contributed by atoms with Gasteiger partial charge in [-0.15, -0.1) is 0 Å². The summed E-state index contributed by atoms with van der Waals surface area (Å²) in [5, 5.41) is 5.20. The number of aromatic nitrogens is 2. The molecule has 4 rings (SSSR count). The zero-order valence-corrected chi connectivity index (χ0v) is 13.7. The standard InChI is InChI=1S/C15H22N4O2S/c1-17-14(6-12(7-20)16-17)22-19-10-15(11-19)8-18(9-15)13-2-4-21-5-3-13/h6-7,13H,2-5,8-11H2,1H3. The molecule has 3 saturated heterocycles. The average Bonchev–Trinajstić information content (AvgIpc) is 2.81. The Bertz CT molecular complexity index is 556. The van der Waals surface area contributed by atoms with E-state index in [1.165, 1.54) is 25.9 Å². The van der Waals surface area contributed by atoms with Crippen LogP contribution < -0.4 is 0 Å². The van der Waals surface area contributed by atoms with Crippen LogP contribution >= 0.6 is 11.9 Å². The fourth-order valence-electron chi connectivity index (χ4n) is 3.84. The van der Waals surface area contributed by atoms with Gasteiger partial charge in [0.15, 0.2) is 6.29 Å². The summed E-state index contributed by atoms with van der Waals surface area (Å²) in [6.45, 7) is 6.60. The van der Waals surface area contributed by atoms with Gasteiger partial charge < -0.3 is 4.74 Å². The fourth-order valence-corrected chi connectivity index (χ4v) is 5.11. The van der Waals surface area contributed by atoms with Crippen LogP contribution in [-0.4, -0.2) is 70.7 Å². The van der Waals surface area contributed by atoms with Crippen LogP contribution in [0.2, 0.25) is 0 Å². The van der Waals surface area contributed by atoms with Gasteiger partial charge in [0.05, 0.1) is 0 Å². The van der Waals surface area contributed by atoms with Crippen LogP contribution in [0, 0.1) is 5.41 Å². The molecule has 1 aromatic rings. The quantitative estimate of drug-likeness (QED) is 0.610. The fraction of sp³-hybridized carbons (Fsp3) is 0.733. The second kappa shape index (κ2) is 5.63. The number of likely N-dealkylation sites (tertiary alicyclic amines) is 1. The molecule has 0 aromatic carbocycles. The third kappa shape index (κ3) is 2.60. The third-order valence-electron chi connectivity index (χ3n) is 5.01. The van der Waals surface area contributed by atoms with E-state index in [9.17, 15) is 4.79 Å². The third-order valence-corrected chi connectivity index (χ3v) is 6.09. The molecule has 0 unspecified atom stereocenters. The molecule has 1 spiro atoms. The Morgan fingerprint density at radius 1 is 1.32 bits per heavy atom. The Kier molecular flexibility index (Phi) is 3.76. The van der Waals surface area contributed by atoms with Gasteiger partial charge in [-0.2, -0.15) is 5.10 Å². The average molecular weight is 322 g/mol. The number of aryl methyl sites for hydroxylation is 1. The summed E-state index contributed by atoms with van der Waals surface area (Å²) in [6.07, 6.45) is 3.19. The highest BCUT2D eigenvalue weighted by Gasteiger charge is 2.53. The maximum absolute atomic E-state index is 10.8. The van der Waals surface area contributed by atoms with Gasteiger partial charge in [-0.3, -0.25) is 14.4 Å². The van der Waals surface area contributed by atoms with Crippen molar-refractivity contribution in [1.82, 2.24) is 19.0 Å². The van der Waals surface area contributed by atoms with Crippen LogP contribution in [0.4, 0.5) is 0 Å². The Morgan fingerprint density at radius 3 is 2.68 bits per heavy atom. The summed E-state index contributed by atoms with van der Waals surface area (Å²) in [5.41, 5.74) is 1.02. The monoisotopic (exact) mass is 322 g/mol.